The van der Waals surface area contributed by atoms with Crippen molar-refractivity contribution in [2.24, 2.45) is 0 Å². The molecule has 1 nitrogen and oxygen atoms in total. The van der Waals surface area contributed by atoms with Crippen LogP contribution in [0.4, 0.5) is 0 Å². The van der Waals surface area contributed by atoms with E-state index in [1.165, 1.54) is 22.3 Å². The van der Waals surface area contributed by atoms with E-state index in [9.17, 15) is 0 Å². The Morgan fingerprint density at radius 2 is 1.04 bits per heavy atom. The summed E-state index contributed by atoms with van der Waals surface area (Å²) in [6.45, 7) is 13.5. The Bertz CT molecular complexity index is 803. The zero-order valence-electron chi connectivity index (χ0n) is 17.5. The molecule has 3 aromatic rings. The molecule has 0 fully saturated rings. The maximum atomic E-state index is 4.67. The molecule has 3 rings (SSSR count). The highest BCUT2D eigenvalue weighted by atomic mass is 14.7. The SMILES string of the molecule is CC(C)(C)c1ccc(C(c2ccc(C(C)(C)C)cc2)c2ccccn2)cc1. The van der Waals surface area contributed by atoms with Crippen molar-refractivity contribution in [2.45, 2.75) is 58.3 Å². The summed E-state index contributed by atoms with van der Waals surface area (Å²) in [5.74, 6) is 0.147. The fourth-order valence-corrected chi connectivity index (χ4v) is 3.43. The summed E-state index contributed by atoms with van der Waals surface area (Å²) in [5.41, 5.74) is 6.68. The van der Waals surface area contributed by atoms with Gasteiger partial charge in [-0.05, 0) is 45.2 Å². The first kappa shape index (κ1) is 19.4. The van der Waals surface area contributed by atoms with E-state index in [1.807, 2.05) is 12.3 Å². The summed E-state index contributed by atoms with van der Waals surface area (Å²) in [6.07, 6.45) is 1.88. The van der Waals surface area contributed by atoms with Crippen LogP contribution < -0.4 is 0 Å². The first-order valence-corrected chi connectivity index (χ1v) is 9.78. The van der Waals surface area contributed by atoms with E-state index in [0.717, 1.165) is 5.69 Å². The Morgan fingerprint density at radius 3 is 1.37 bits per heavy atom. The summed E-state index contributed by atoms with van der Waals surface area (Å²) in [4.78, 5) is 4.67. The predicted octanol–water partition coefficient (Wildman–Crippen LogP) is 6.86. The summed E-state index contributed by atoms with van der Waals surface area (Å²) in [5, 5.41) is 0. The number of nitrogens with zero attached hydrogens (tertiary/aromatic N) is 1. The smallest absolute Gasteiger partial charge is 0.0522 e. The third-order valence-electron chi connectivity index (χ3n) is 5.20. The molecule has 0 radical (unpaired) electrons. The second-order valence-electron chi connectivity index (χ2n) is 9.43. The highest BCUT2D eigenvalue weighted by molar-refractivity contribution is 5.43. The van der Waals surface area contributed by atoms with Crippen LogP contribution in [0.3, 0.4) is 0 Å². The van der Waals surface area contributed by atoms with E-state index in [1.54, 1.807) is 0 Å². The number of pyridine rings is 1. The maximum absolute atomic E-state index is 4.67. The van der Waals surface area contributed by atoms with Crippen LogP contribution in [0.15, 0.2) is 72.9 Å². The molecule has 0 N–H and O–H groups in total. The lowest BCUT2D eigenvalue weighted by Crippen LogP contribution is -2.13. The first-order valence-electron chi connectivity index (χ1n) is 9.78. The third kappa shape index (κ3) is 4.47. The van der Waals surface area contributed by atoms with Crippen molar-refractivity contribution >= 4 is 0 Å². The van der Waals surface area contributed by atoms with Crippen LogP contribution in [-0.4, -0.2) is 4.98 Å². The van der Waals surface area contributed by atoms with E-state index in [0.29, 0.717) is 0 Å². The van der Waals surface area contributed by atoms with Crippen LogP contribution in [0.1, 0.15) is 75.4 Å². The van der Waals surface area contributed by atoms with E-state index in [2.05, 4.69) is 107 Å². The van der Waals surface area contributed by atoms with Crippen molar-refractivity contribution in [1.82, 2.24) is 4.98 Å². The lowest BCUT2D eigenvalue weighted by atomic mass is 9.82. The Balaban J connectivity index is 2.05. The van der Waals surface area contributed by atoms with Gasteiger partial charge < -0.3 is 0 Å². The normalized spacial score (nSPS) is 12.4. The molecule has 0 aliphatic carbocycles. The molecule has 140 valence electrons. The molecule has 2 aromatic carbocycles. The lowest BCUT2D eigenvalue weighted by molar-refractivity contribution is 0.589. The van der Waals surface area contributed by atoms with Crippen molar-refractivity contribution in [3.05, 3.63) is 101 Å². The van der Waals surface area contributed by atoms with E-state index < -0.39 is 0 Å². The van der Waals surface area contributed by atoms with Crippen molar-refractivity contribution in [3.8, 4) is 0 Å². The molecule has 1 heteroatoms. The number of benzene rings is 2. The molecule has 1 aromatic heterocycles. The largest absolute Gasteiger partial charge is 0.260 e. The van der Waals surface area contributed by atoms with Crippen LogP contribution in [0.25, 0.3) is 0 Å². The molecule has 0 amide bonds. The zero-order chi connectivity index (χ0) is 19.7. The summed E-state index contributed by atoms with van der Waals surface area (Å²) in [6, 6.07) is 24.3. The van der Waals surface area contributed by atoms with Crippen molar-refractivity contribution in [2.75, 3.05) is 0 Å². The van der Waals surface area contributed by atoms with E-state index in [-0.39, 0.29) is 16.7 Å². The highest BCUT2D eigenvalue weighted by Gasteiger charge is 2.21. The number of hydrogen-bond donors (Lipinski definition) is 0. The minimum absolute atomic E-state index is 0.147. The molecule has 0 saturated heterocycles. The molecule has 27 heavy (non-hydrogen) atoms. The second-order valence-corrected chi connectivity index (χ2v) is 9.43. The van der Waals surface area contributed by atoms with Gasteiger partial charge in [-0.15, -0.1) is 0 Å². The number of rotatable bonds is 3. The van der Waals surface area contributed by atoms with Crippen molar-refractivity contribution in [3.63, 3.8) is 0 Å². The maximum Gasteiger partial charge on any atom is 0.0522 e. The molecule has 0 atom stereocenters. The standard InChI is InChI=1S/C26H31N/c1-25(2,3)21-14-10-19(11-15-21)24(23-9-7-8-18-27-23)20-12-16-22(17-13-20)26(4,5)6/h7-18,24H,1-6H3. The molecule has 0 unspecified atom stereocenters. The number of hydrogen-bond acceptors (Lipinski definition) is 1. The van der Waals surface area contributed by atoms with Gasteiger partial charge in [-0.2, -0.15) is 0 Å². The summed E-state index contributed by atoms with van der Waals surface area (Å²) < 4.78 is 0. The molecule has 1 heterocycles. The average Bonchev–Trinajstić information content (AvgIpc) is 2.62. The number of aromatic nitrogens is 1. The summed E-state index contributed by atoms with van der Waals surface area (Å²) >= 11 is 0. The fraction of sp³-hybridized carbons (Fsp3) is 0.346. The van der Waals surface area contributed by atoms with Crippen LogP contribution in [0.2, 0.25) is 0 Å². The predicted molar refractivity (Wildman–Crippen MR) is 115 cm³/mol. The van der Waals surface area contributed by atoms with Gasteiger partial charge in [0.25, 0.3) is 0 Å². The Hall–Kier alpha value is -2.41. The minimum Gasteiger partial charge on any atom is -0.260 e. The van der Waals surface area contributed by atoms with Gasteiger partial charge in [0.2, 0.25) is 0 Å². The van der Waals surface area contributed by atoms with E-state index in [4.69, 9.17) is 0 Å². The van der Waals surface area contributed by atoms with Gasteiger partial charge in [0.1, 0.15) is 0 Å². The van der Waals surface area contributed by atoms with Crippen LogP contribution >= 0.6 is 0 Å². The molecule has 0 aliphatic rings. The Morgan fingerprint density at radius 1 is 0.593 bits per heavy atom. The highest BCUT2D eigenvalue weighted by Crippen LogP contribution is 2.33. The van der Waals surface area contributed by atoms with Gasteiger partial charge in [-0.25, -0.2) is 0 Å². The molecule has 0 saturated carbocycles. The monoisotopic (exact) mass is 357 g/mol. The van der Waals surface area contributed by atoms with Crippen LogP contribution in [0, 0.1) is 0 Å². The molecule has 0 bridgehead atoms. The molecule has 0 spiro atoms. The van der Waals surface area contributed by atoms with E-state index >= 15 is 0 Å². The van der Waals surface area contributed by atoms with Gasteiger partial charge in [0.05, 0.1) is 11.6 Å². The van der Waals surface area contributed by atoms with Crippen molar-refractivity contribution < 1.29 is 0 Å². The van der Waals surface area contributed by atoms with Crippen LogP contribution in [-0.2, 0) is 10.8 Å². The molecular formula is C26H31N. The average molecular weight is 358 g/mol. The fourth-order valence-electron chi connectivity index (χ4n) is 3.43. The van der Waals surface area contributed by atoms with Crippen LogP contribution in [0.5, 0.6) is 0 Å². The van der Waals surface area contributed by atoms with Gasteiger partial charge in [-0.1, -0.05) is 96.1 Å². The lowest BCUT2D eigenvalue weighted by Gasteiger charge is -2.23. The van der Waals surface area contributed by atoms with Gasteiger partial charge >= 0.3 is 0 Å². The van der Waals surface area contributed by atoms with Gasteiger partial charge in [0.15, 0.2) is 0 Å². The third-order valence-corrected chi connectivity index (χ3v) is 5.20. The topological polar surface area (TPSA) is 12.9 Å². The zero-order valence-corrected chi connectivity index (χ0v) is 17.5. The first-order chi connectivity index (χ1) is 12.7. The van der Waals surface area contributed by atoms with Crippen molar-refractivity contribution in [1.29, 1.82) is 0 Å². The Labute approximate surface area is 164 Å². The van der Waals surface area contributed by atoms with Gasteiger partial charge in [-0.3, -0.25) is 4.98 Å². The molecule has 0 aliphatic heterocycles. The molecular weight excluding hydrogens is 326 g/mol. The quantitative estimate of drug-likeness (QED) is 0.499. The Kier molecular flexibility index (Phi) is 5.24. The summed E-state index contributed by atoms with van der Waals surface area (Å²) in [7, 11) is 0. The minimum atomic E-state index is 0.147. The second kappa shape index (κ2) is 7.31. The van der Waals surface area contributed by atoms with Gasteiger partial charge in [0, 0.05) is 6.20 Å².